The molecule has 1 aromatic carbocycles. The Morgan fingerprint density at radius 3 is 2.62 bits per heavy atom. The van der Waals surface area contributed by atoms with Gasteiger partial charge in [-0.2, -0.15) is 5.10 Å². The van der Waals surface area contributed by atoms with E-state index in [1.54, 1.807) is 11.0 Å². The fourth-order valence-corrected chi connectivity index (χ4v) is 3.35. The molecule has 9 nitrogen and oxygen atoms in total. The van der Waals surface area contributed by atoms with Crippen molar-refractivity contribution in [3.05, 3.63) is 48.2 Å². The van der Waals surface area contributed by atoms with E-state index in [0.717, 1.165) is 31.4 Å². The number of aromatic carboxylic acids is 1. The lowest BCUT2D eigenvalue weighted by Gasteiger charge is -2.28. The first-order valence-corrected chi connectivity index (χ1v) is 8.46. The molecular formula is C17H18N6O3. The quantitative estimate of drug-likeness (QED) is 0.721. The number of hydrogen-bond donors (Lipinski definition) is 2. The maximum absolute atomic E-state index is 11.1. The van der Waals surface area contributed by atoms with Crippen molar-refractivity contribution >= 4 is 5.97 Å². The largest absolute Gasteiger partial charge is 0.476 e. The van der Waals surface area contributed by atoms with E-state index in [1.807, 2.05) is 12.1 Å². The van der Waals surface area contributed by atoms with Crippen LogP contribution in [0, 0.1) is 0 Å². The molecule has 134 valence electrons. The molecule has 0 unspecified atom stereocenters. The van der Waals surface area contributed by atoms with E-state index in [-0.39, 0.29) is 17.7 Å². The summed E-state index contributed by atoms with van der Waals surface area (Å²) in [6.45, 7) is 0. The second-order valence-corrected chi connectivity index (χ2v) is 6.32. The van der Waals surface area contributed by atoms with Crippen molar-refractivity contribution in [2.45, 2.75) is 37.7 Å². The van der Waals surface area contributed by atoms with Crippen LogP contribution in [0.5, 0.6) is 5.88 Å². The van der Waals surface area contributed by atoms with Crippen LogP contribution < -0.4 is 4.74 Å². The smallest absolute Gasteiger partial charge is 0.359 e. The summed E-state index contributed by atoms with van der Waals surface area (Å²) in [4.78, 5) is 15.0. The van der Waals surface area contributed by atoms with Crippen LogP contribution in [-0.4, -0.2) is 47.4 Å². The topological polar surface area (TPSA) is 119 Å². The third-order valence-electron chi connectivity index (χ3n) is 4.73. The molecule has 0 amide bonds. The molecule has 0 radical (unpaired) electrons. The Bertz CT molecular complexity index is 866. The Morgan fingerprint density at radius 1 is 1.19 bits per heavy atom. The first kappa shape index (κ1) is 16.2. The van der Waals surface area contributed by atoms with Gasteiger partial charge in [-0.05, 0) is 49.3 Å². The van der Waals surface area contributed by atoms with Crippen LogP contribution in [0.3, 0.4) is 0 Å². The minimum Gasteiger partial charge on any atom is -0.476 e. The third-order valence-corrected chi connectivity index (χ3v) is 4.73. The van der Waals surface area contributed by atoms with Crippen molar-refractivity contribution in [2.24, 2.45) is 0 Å². The Hall–Kier alpha value is -3.23. The Labute approximate surface area is 149 Å². The minimum atomic E-state index is -1.12. The van der Waals surface area contributed by atoms with Gasteiger partial charge in [0.15, 0.2) is 0 Å². The Kier molecular flexibility index (Phi) is 4.34. The van der Waals surface area contributed by atoms with Gasteiger partial charge in [0, 0.05) is 0 Å². The molecule has 0 saturated heterocycles. The van der Waals surface area contributed by atoms with Gasteiger partial charge in [0.2, 0.25) is 5.69 Å². The number of aromatic nitrogens is 6. The zero-order valence-corrected chi connectivity index (χ0v) is 13.9. The van der Waals surface area contributed by atoms with E-state index in [0.29, 0.717) is 5.92 Å². The van der Waals surface area contributed by atoms with E-state index in [4.69, 9.17) is 9.84 Å². The lowest BCUT2D eigenvalue weighted by molar-refractivity contribution is 0.0678. The van der Waals surface area contributed by atoms with Crippen LogP contribution in [0.25, 0.3) is 5.69 Å². The summed E-state index contributed by atoms with van der Waals surface area (Å²) in [5.41, 5.74) is 2.17. The highest BCUT2D eigenvalue weighted by atomic mass is 16.5. The summed E-state index contributed by atoms with van der Waals surface area (Å²) in [5, 5.41) is 22.8. The molecule has 0 atom stereocenters. The number of carbonyl (C=O) groups is 1. The van der Waals surface area contributed by atoms with E-state index in [1.165, 1.54) is 11.9 Å². The van der Waals surface area contributed by atoms with E-state index in [9.17, 15) is 4.79 Å². The maximum Gasteiger partial charge on any atom is 0.359 e. The average molecular weight is 354 g/mol. The molecule has 3 aromatic rings. The first-order valence-electron chi connectivity index (χ1n) is 8.46. The fourth-order valence-electron chi connectivity index (χ4n) is 3.35. The lowest BCUT2D eigenvalue weighted by atomic mass is 9.82. The number of H-pyrrole nitrogens is 1. The number of carboxylic acids is 1. The molecule has 1 aliphatic carbocycles. The van der Waals surface area contributed by atoms with Gasteiger partial charge in [0.05, 0.1) is 5.69 Å². The van der Waals surface area contributed by atoms with Crippen LogP contribution >= 0.6 is 0 Å². The van der Waals surface area contributed by atoms with Gasteiger partial charge in [0.25, 0.3) is 5.88 Å². The van der Waals surface area contributed by atoms with Gasteiger partial charge in [-0.3, -0.25) is 0 Å². The van der Waals surface area contributed by atoms with Crippen LogP contribution in [0.15, 0.2) is 36.9 Å². The molecule has 0 bridgehead atoms. The van der Waals surface area contributed by atoms with E-state index in [2.05, 4.69) is 37.6 Å². The predicted octanol–water partition coefficient (Wildman–Crippen LogP) is 2.19. The molecule has 2 heterocycles. The highest BCUT2D eigenvalue weighted by molar-refractivity contribution is 5.87. The van der Waals surface area contributed by atoms with Crippen molar-refractivity contribution in [1.82, 2.24) is 30.2 Å². The normalized spacial score (nSPS) is 20.0. The molecule has 0 aliphatic heterocycles. The minimum absolute atomic E-state index is 0.0381. The number of carboxylic acid groups (broad SMARTS) is 1. The summed E-state index contributed by atoms with van der Waals surface area (Å²) in [6.07, 6.45) is 6.81. The van der Waals surface area contributed by atoms with Crippen molar-refractivity contribution in [3.63, 3.8) is 0 Å². The van der Waals surface area contributed by atoms with Gasteiger partial charge in [-0.1, -0.05) is 22.4 Å². The molecular weight excluding hydrogens is 336 g/mol. The molecule has 0 spiro atoms. The number of ether oxygens (including phenoxy) is 1. The van der Waals surface area contributed by atoms with Crippen molar-refractivity contribution < 1.29 is 14.6 Å². The van der Waals surface area contributed by atoms with Crippen LogP contribution in [-0.2, 0) is 0 Å². The lowest BCUT2D eigenvalue weighted by Crippen LogP contribution is -2.24. The monoisotopic (exact) mass is 354 g/mol. The Morgan fingerprint density at radius 2 is 1.96 bits per heavy atom. The van der Waals surface area contributed by atoms with Crippen LogP contribution in [0.2, 0.25) is 0 Å². The molecule has 26 heavy (non-hydrogen) atoms. The molecule has 9 heteroatoms. The number of nitrogens with one attached hydrogen (secondary N) is 1. The molecule has 1 aliphatic rings. The second-order valence-electron chi connectivity index (χ2n) is 6.32. The van der Waals surface area contributed by atoms with Gasteiger partial charge >= 0.3 is 5.97 Å². The number of aromatic amines is 1. The summed E-state index contributed by atoms with van der Waals surface area (Å²) >= 11 is 0. The second kappa shape index (κ2) is 6.95. The highest BCUT2D eigenvalue weighted by Crippen LogP contribution is 2.34. The van der Waals surface area contributed by atoms with Crippen LogP contribution in [0.4, 0.5) is 0 Å². The molecule has 1 saturated carbocycles. The summed E-state index contributed by atoms with van der Waals surface area (Å²) in [7, 11) is 0. The standard InChI is InChI=1S/C17H18N6O3/c24-17(25)15-16(21-22-20-15)26-14-7-3-12(4-8-14)11-1-5-13(6-2-11)23-10-18-9-19-23/h1-2,5-6,9-10,12,14H,3-4,7-8H2,(H,24,25)(H,20,21,22). The fraction of sp³-hybridized carbons (Fsp3) is 0.353. The van der Waals surface area contributed by atoms with Crippen molar-refractivity contribution in [1.29, 1.82) is 0 Å². The van der Waals surface area contributed by atoms with E-state index >= 15 is 0 Å². The van der Waals surface area contributed by atoms with E-state index < -0.39 is 5.97 Å². The van der Waals surface area contributed by atoms with Gasteiger partial charge in [0.1, 0.15) is 18.8 Å². The zero-order valence-electron chi connectivity index (χ0n) is 13.9. The third kappa shape index (κ3) is 3.28. The molecule has 2 N–H and O–H groups in total. The highest BCUT2D eigenvalue weighted by Gasteiger charge is 2.26. The zero-order chi connectivity index (χ0) is 17.9. The van der Waals surface area contributed by atoms with Gasteiger partial charge in [-0.25, -0.2) is 19.6 Å². The number of hydrogen-bond acceptors (Lipinski definition) is 6. The number of rotatable bonds is 5. The van der Waals surface area contributed by atoms with Crippen molar-refractivity contribution in [3.8, 4) is 11.6 Å². The molecule has 4 rings (SSSR count). The molecule has 2 aromatic heterocycles. The van der Waals surface area contributed by atoms with Gasteiger partial charge in [-0.15, -0.1) is 0 Å². The van der Waals surface area contributed by atoms with Crippen LogP contribution in [0.1, 0.15) is 47.7 Å². The van der Waals surface area contributed by atoms with Gasteiger partial charge < -0.3 is 9.84 Å². The van der Waals surface area contributed by atoms with Crippen molar-refractivity contribution in [2.75, 3.05) is 0 Å². The SMILES string of the molecule is O=C(O)c1[nH]nnc1OC1CCC(c2ccc(-n3cncn3)cc2)CC1. The maximum atomic E-state index is 11.1. The average Bonchev–Trinajstić information content (AvgIpc) is 3.34. The Balaban J connectivity index is 1.36. The summed E-state index contributed by atoms with van der Waals surface area (Å²) in [6, 6.07) is 8.34. The number of benzene rings is 1. The summed E-state index contributed by atoms with van der Waals surface area (Å²) < 4.78 is 7.46. The first-order chi connectivity index (χ1) is 12.7. The number of nitrogens with zero attached hydrogens (tertiary/aromatic N) is 5. The molecule has 1 fully saturated rings. The summed E-state index contributed by atoms with van der Waals surface area (Å²) in [5.74, 6) is -0.583. The predicted molar refractivity (Wildman–Crippen MR) is 90.3 cm³/mol.